The van der Waals surface area contributed by atoms with Crippen LogP contribution in [0, 0.1) is 18.3 Å². The van der Waals surface area contributed by atoms with Gasteiger partial charge in [0.2, 0.25) is 0 Å². The number of H-pyrrole nitrogens is 1. The summed E-state index contributed by atoms with van der Waals surface area (Å²) in [6, 6.07) is 20.7. The number of para-hydroxylation sites is 1. The molecule has 0 saturated heterocycles. The van der Waals surface area contributed by atoms with E-state index in [0.29, 0.717) is 16.5 Å². The van der Waals surface area contributed by atoms with Gasteiger partial charge in [-0.05, 0) is 52.6 Å². The number of aromatic amines is 1. The second-order valence-electron chi connectivity index (χ2n) is 9.12. The number of nitrogens with zero attached hydrogens (tertiary/aromatic N) is 2. The minimum absolute atomic E-state index is 0.00741. The number of benzene rings is 3. The van der Waals surface area contributed by atoms with Crippen molar-refractivity contribution in [2.45, 2.75) is 25.2 Å². The zero-order valence-electron chi connectivity index (χ0n) is 19.5. The molecular weight excluding hydrogens is 463 g/mol. The van der Waals surface area contributed by atoms with Crippen LogP contribution in [-0.4, -0.2) is 24.4 Å². The molecule has 2 atom stereocenters. The lowest BCUT2D eigenvalue weighted by molar-refractivity contribution is -0.274. The lowest BCUT2D eigenvalue weighted by Gasteiger charge is -2.35. The summed E-state index contributed by atoms with van der Waals surface area (Å²) in [4.78, 5) is 3.32. The summed E-state index contributed by atoms with van der Waals surface area (Å²) in [6.07, 6.45) is 2.43. The highest BCUT2D eigenvalue weighted by Gasteiger charge is 2.39. The fourth-order valence-corrected chi connectivity index (χ4v) is 5.00. The monoisotopic (exact) mass is 486 g/mol. The summed E-state index contributed by atoms with van der Waals surface area (Å²) in [6.45, 7) is 5.82. The Labute approximate surface area is 207 Å². The first-order valence-corrected chi connectivity index (χ1v) is 11.5. The lowest BCUT2D eigenvalue weighted by Crippen LogP contribution is -2.48. The minimum Gasteiger partial charge on any atom is -0.405 e. The van der Waals surface area contributed by atoms with Crippen molar-refractivity contribution in [3.05, 3.63) is 96.7 Å². The Morgan fingerprint density at radius 2 is 1.83 bits per heavy atom. The number of fused-ring (bicyclic) bond motifs is 2. The van der Waals surface area contributed by atoms with Crippen LogP contribution in [0.25, 0.3) is 28.1 Å². The van der Waals surface area contributed by atoms with Gasteiger partial charge in [-0.2, -0.15) is 5.26 Å². The van der Waals surface area contributed by atoms with Crippen molar-refractivity contribution in [3.63, 3.8) is 0 Å². The van der Waals surface area contributed by atoms with Crippen molar-refractivity contribution in [2.24, 2.45) is 0 Å². The molecule has 0 saturated carbocycles. The number of ether oxygens (including phenoxy) is 1. The van der Waals surface area contributed by atoms with Gasteiger partial charge in [0.15, 0.2) is 0 Å². The van der Waals surface area contributed by atoms with Crippen LogP contribution in [0.15, 0.2) is 73.1 Å². The smallest absolute Gasteiger partial charge is 0.405 e. The molecule has 2 unspecified atom stereocenters. The van der Waals surface area contributed by atoms with E-state index in [1.807, 2.05) is 48.7 Å². The molecule has 0 spiro atoms. The number of rotatable bonds is 6. The number of halogens is 3. The number of hydrogen-bond acceptors (Lipinski definition) is 2. The maximum Gasteiger partial charge on any atom is 0.573 e. The van der Waals surface area contributed by atoms with Gasteiger partial charge < -0.3 is 9.72 Å². The number of hydrogen-bond donors (Lipinski definition) is 1. The average Bonchev–Trinajstić information content (AvgIpc) is 3.41. The Hall–Kier alpha value is -4.02. The van der Waals surface area contributed by atoms with E-state index >= 15 is 0 Å². The van der Waals surface area contributed by atoms with Crippen molar-refractivity contribution < 1.29 is 17.9 Å². The van der Waals surface area contributed by atoms with Crippen LogP contribution >= 0.6 is 0 Å². The highest BCUT2D eigenvalue weighted by molar-refractivity contribution is 5.83. The maximum atomic E-state index is 12.6. The van der Waals surface area contributed by atoms with E-state index in [4.69, 9.17) is 6.92 Å². The van der Waals surface area contributed by atoms with Crippen molar-refractivity contribution in [1.29, 1.82) is 5.26 Å². The number of nitriles is 1. The van der Waals surface area contributed by atoms with Gasteiger partial charge in [-0.3, -0.25) is 4.48 Å². The van der Waals surface area contributed by atoms with E-state index < -0.39 is 12.1 Å². The molecule has 0 aliphatic carbocycles. The topological polar surface area (TPSA) is 48.8 Å². The molecule has 2 radical (unpaired) electrons. The molecule has 0 amide bonds. The first-order valence-electron chi connectivity index (χ1n) is 11.5. The quantitative estimate of drug-likeness (QED) is 0.292. The van der Waals surface area contributed by atoms with Crippen molar-refractivity contribution in [2.75, 3.05) is 7.05 Å². The Balaban J connectivity index is 1.45. The van der Waals surface area contributed by atoms with Gasteiger partial charge in [-0.1, -0.05) is 24.3 Å². The molecule has 0 bridgehead atoms. The van der Waals surface area contributed by atoms with E-state index in [2.05, 4.69) is 35.1 Å². The van der Waals surface area contributed by atoms with Gasteiger partial charge >= 0.3 is 6.36 Å². The predicted molar refractivity (Wildman–Crippen MR) is 135 cm³/mol. The van der Waals surface area contributed by atoms with Crippen molar-refractivity contribution in [1.82, 2.24) is 9.47 Å². The Bertz CT molecular complexity index is 1510. The van der Waals surface area contributed by atoms with Crippen LogP contribution in [0.4, 0.5) is 18.9 Å². The van der Waals surface area contributed by atoms with Gasteiger partial charge in [-0.25, -0.2) is 0 Å². The van der Waals surface area contributed by atoms with Crippen LogP contribution in [0.5, 0.6) is 5.75 Å². The molecular formula is C29H23F3N3O+. The summed E-state index contributed by atoms with van der Waals surface area (Å²) in [5, 5.41) is 10.8. The Morgan fingerprint density at radius 1 is 1.08 bits per heavy atom. The minimum atomic E-state index is -4.80. The van der Waals surface area contributed by atoms with Crippen LogP contribution < -0.4 is 9.22 Å². The molecule has 1 aliphatic heterocycles. The summed E-state index contributed by atoms with van der Waals surface area (Å²) in [5.74, 6) is -0.423. The fourth-order valence-electron chi connectivity index (χ4n) is 5.00. The molecule has 36 heavy (non-hydrogen) atoms. The Kier molecular flexibility index (Phi) is 5.85. The van der Waals surface area contributed by atoms with Crippen LogP contribution in [0.2, 0.25) is 0 Å². The molecule has 1 aliphatic rings. The largest absolute Gasteiger partial charge is 0.573 e. The number of aromatic nitrogens is 1. The first-order chi connectivity index (χ1) is 17.2. The van der Waals surface area contributed by atoms with Crippen molar-refractivity contribution >= 4 is 22.7 Å². The zero-order chi connectivity index (χ0) is 25.5. The molecule has 2 heterocycles. The van der Waals surface area contributed by atoms with Crippen molar-refractivity contribution in [3.8, 4) is 22.9 Å². The molecule has 1 aromatic heterocycles. The second-order valence-corrected chi connectivity index (χ2v) is 9.12. The first kappa shape index (κ1) is 23.7. The number of likely N-dealkylation sites (N-methyl/N-ethyl adjacent to an activating group) is 1. The SMILES string of the molecule is [CH]c1cc(-c2ccc3c(c2)C=C[N+]3(C)C(CC#N)Cc2c[nH]c3ccccc23)ccc1OC(F)(F)F. The van der Waals surface area contributed by atoms with E-state index in [1.165, 1.54) is 17.7 Å². The van der Waals surface area contributed by atoms with E-state index in [-0.39, 0.29) is 11.6 Å². The molecule has 5 rings (SSSR count). The third kappa shape index (κ3) is 4.36. The molecule has 0 fully saturated rings. The van der Waals surface area contributed by atoms with Gasteiger partial charge in [0.05, 0.1) is 19.5 Å². The summed E-state index contributed by atoms with van der Waals surface area (Å²) < 4.78 is 42.2. The third-order valence-electron chi connectivity index (χ3n) is 6.90. The van der Waals surface area contributed by atoms with Crippen LogP contribution in [0.3, 0.4) is 0 Å². The highest BCUT2D eigenvalue weighted by atomic mass is 19.4. The van der Waals surface area contributed by atoms with Crippen LogP contribution in [0.1, 0.15) is 23.1 Å². The standard InChI is InChI=1S/C29H23F3N3O/c1-19-15-20(8-10-28(19)36-29(30,31)32)21-7-9-27-22(16-21)12-14-35(27,2)24(11-13-33)17-23-18-34-26-6-4-3-5-25(23)26/h1,3-10,12,14-16,18,24,34H,11,17H2,2H3/q+1. The van der Waals surface area contributed by atoms with Gasteiger partial charge in [-0.15, -0.1) is 13.2 Å². The van der Waals surface area contributed by atoms with Crippen LogP contribution in [-0.2, 0) is 6.42 Å². The second kappa shape index (κ2) is 8.89. The van der Waals surface area contributed by atoms with E-state index in [0.717, 1.165) is 34.1 Å². The highest BCUT2D eigenvalue weighted by Crippen LogP contribution is 2.41. The van der Waals surface area contributed by atoms with Gasteiger partial charge in [0.1, 0.15) is 23.7 Å². The number of nitrogens with one attached hydrogen (secondary N) is 1. The van der Waals surface area contributed by atoms with Gasteiger partial charge in [0.25, 0.3) is 0 Å². The fraction of sp³-hybridized carbons (Fsp3) is 0.172. The number of alkyl halides is 3. The lowest BCUT2D eigenvalue weighted by atomic mass is 9.97. The number of quaternary nitrogens is 1. The molecule has 180 valence electrons. The van der Waals surface area contributed by atoms with E-state index in [1.54, 1.807) is 6.07 Å². The molecule has 1 N–H and O–H groups in total. The van der Waals surface area contributed by atoms with Gasteiger partial charge in [0, 0.05) is 48.2 Å². The maximum absolute atomic E-state index is 12.6. The molecule has 3 aromatic carbocycles. The molecule has 4 aromatic rings. The average molecular weight is 487 g/mol. The Morgan fingerprint density at radius 3 is 2.58 bits per heavy atom. The van der Waals surface area contributed by atoms with E-state index in [9.17, 15) is 18.4 Å². The normalized spacial score (nSPS) is 17.7. The third-order valence-corrected chi connectivity index (χ3v) is 6.90. The summed E-state index contributed by atoms with van der Waals surface area (Å²) in [7, 11) is 2.10. The molecule has 4 nitrogen and oxygen atoms in total. The zero-order valence-corrected chi connectivity index (χ0v) is 19.5. The predicted octanol–water partition coefficient (Wildman–Crippen LogP) is 7.24. The molecule has 7 heteroatoms. The summed E-state index contributed by atoms with van der Waals surface area (Å²) >= 11 is 0. The summed E-state index contributed by atoms with van der Waals surface area (Å²) in [5.41, 5.74) is 5.71.